The fourth-order valence-corrected chi connectivity index (χ4v) is 2.64. The lowest BCUT2D eigenvalue weighted by Crippen LogP contribution is -2.35. The molecule has 0 saturated carbocycles. The van der Waals surface area contributed by atoms with Gasteiger partial charge in [-0.2, -0.15) is 0 Å². The molecular formula is C14H24N4. The summed E-state index contributed by atoms with van der Waals surface area (Å²) in [5.41, 5.74) is 0. The van der Waals surface area contributed by atoms with Crippen LogP contribution in [0.4, 0.5) is 11.6 Å². The van der Waals surface area contributed by atoms with Crippen molar-refractivity contribution < 1.29 is 0 Å². The summed E-state index contributed by atoms with van der Waals surface area (Å²) in [5.74, 6) is 4.47. The first-order chi connectivity index (χ1) is 8.60. The van der Waals surface area contributed by atoms with Crippen molar-refractivity contribution in [3.05, 3.63) is 11.9 Å². The van der Waals surface area contributed by atoms with Crippen LogP contribution in [0.1, 0.15) is 32.5 Å². The van der Waals surface area contributed by atoms with E-state index < -0.39 is 0 Å². The third-order valence-electron chi connectivity index (χ3n) is 3.89. The van der Waals surface area contributed by atoms with Crippen LogP contribution >= 0.6 is 0 Å². The van der Waals surface area contributed by atoms with Crippen molar-refractivity contribution >= 4 is 11.6 Å². The number of hydrogen-bond acceptors (Lipinski definition) is 4. The van der Waals surface area contributed by atoms with Crippen molar-refractivity contribution in [3.8, 4) is 0 Å². The summed E-state index contributed by atoms with van der Waals surface area (Å²) in [6, 6.07) is 2.04. The SMILES string of the molecule is CNc1cc(N2CCC(C(C)C)CC2)nc(C)n1. The molecule has 0 aliphatic carbocycles. The van der Waals surface area contributed by atoms with Gasteiger partial charge in [0.2, 0.25) is 0 Å². The lowest BCUT2D eigenvalue weighted by molar-refractivity contribution is 0.310. The molecule has 1 aliphatic rings. The van der Waals surface area contributed by atoms with E-state index in [0.717, 1.165) is 42.4 Å². The summed E-state index contributed by atoms with van der Waals surface area (Å²) in [6.07, 6.45) is 2.55. The van der Waals surface area contributed by atoms with Crippen LogP contribution in [0.2, 0.25) is 0 Å². The van der Waals surface area contributed by atoms with E-state index in [1.54, 1.807) is 0 Å². The lowest BCUT2D eigenvalue weighted by Gasteiger charge is -2.34. The Hall–Kier alpha value is -1.32. The molecule has 100 valence electrons. The zero-order valence-corrected chi connectivity index (χ0v) is 11.9. The van der Waals surface area contributed by atoms with Gasteiger partial charge in [-0.1, -0.05) is 13.8 Å². The maximum atomic E-state index is 4.55. The molecule has 4 nitrogen and oxygen atoms in total. The molecule has 2 heterocycles. The van der Waals surface area contributed by atoms with Crippen molar-refractivity contribution in [3.63, 3.8) is 0 Å². The zero-order chi connectivity index (χ0) is 13.1. The maximum absolute atomic E-state index is 4.55. The van der Waals surface area contributed by atoms with Gasteiger partial charge in [0.05, 0.1) is 0 Å². The Morgan fingerprint density at radius 2 is 1.94 bits per heavy atom. The molecule has 18 heavy (non-hydrogen) atoms. The lowest BCUT2D eigenvalue weighted by atomic mass is 9.87. The molecule has 1 aromatic rings. The zero-order valence-electron chi connectivity index (χ0n) is 11.9. The first kappa shape index (κ1) is 13.1. The van der Waals surface area contributed by atoms with E-state index in [1.165, 1.54) is 12.8 Å². The van der Waals surface area contributed by atoms with Gasteiger partial charge >= 0.3 is 0 Å². The Labute approximate surface area is 110 Å². The standard InChI is InChI=1S/C14H24N4/c1-10(2)12-5-7-18(8-6-12)14-9-13(15-4)16-11(3)17-14/h9-10,12H,5-8H2,1-4H3,(H,15,16,17). The van der Waals surface area contributed by atoms with Crippen molar-refractivity contribution in [2.75, 3.05) is 30.4 Å². The Morgan fingerprint density at radius 3 is 2.50 bits per heavy atom. The van der Waals surface area contributed by atoms with Gasteiger partial charge < -0.3 is 10.2 Å². The normalized spacial score (nSPS) is 17.3. The fraction of sp³-hybridized carbons (Fsp3) is 0.714. The minimum Gasteiger partial charge on any atom is -0.373 e. The predicted octanol–water partition coefficient (Wildman–Crippen LogP) is 2.70. The summed E-state index contributed by atoms with van der Waals surface area (Å²) in [5, 5.41) is 3.10. The minimum absolute atomic E-state index is 0.798. The van der Waals surface area contributed by atoms with Crippen LogP contribution in [0.15, 0.2) is 6.07 Å². The molecule has 0 spiro atoms. The highest BCUT2D eigenvalue weighted by atomic mass is 15.2. The van der Waals surface area contributed by atoms with Crippen LogP contribution in [0.3, 0.4) is 0 Å². The van der Waals surface area contributed by atoms with Crippen molar-refractivity contribution in [1.82, 2.24) is 9.97 Å². The van der Waals surface area contributed by atoms with Crippen LogP contribution in [0.5, 0.6) is 0 Å². The monoisotopic (exact) mass is 248 g/mol. The second kappa shape index (κ2) is 5.55. The second-order valence-electron chi connectivity index (χ2n) is 5.48. The average molecular weight is 248 g/mol. The molecule has 1 N–H and O–H groups in total. The Bertz CT molecular complexity index is 395. The number of piperidine rings is 1. The van der Waals surface area contributed by atoms with Crippen molar-refractivity contribution in [1.29, 1.82) is 0 Å². The molecule has 1 fully saturated rings. The Kier molecular flexibility index (Phi) is 4.04. The molecule has 0 aromatic carbocycles. The van der Waals surface area contributed by atoms with Gasteiger partial charge in [-0.3, -0.25) is 0 Å². The van der Waals surface area contributed by atoms with Crippen LogP contribution in [0.25, 0.3) is 0 Å². The van der Waals surface area contributed by atoms with Crippen LogP contribution in [-0.2, 0) is 0 Å². The largest absolute Gasteiger partial charge is 0.373 e. The van der Waals surface area contributed by atoms with Gasteiger partial charge in [0.15, 0.2) is 0 Å². The van der Waals surface area contributed by atoms with Gasteiger partial charge in [0.1, 0.15) is 17.5 Å². The number of aryl methyl sites for hydroxylation is 1. The van der Waals surface area contributed by atoms with Gasteiger partial charge in [0, 0.05) is 26.2 Å². The summed E-state index contributed by atoms with van der Waals surface area (Å²) < 4.78 is 0. The molecule has 0 atom stereocenters. The highest BCUT2D eigenvalue weighted by molar-refractivity contribution is 5.49. The molecule has 4 heteroatoms. The molecule has 2 rings (SSSR count). The minimum atomic E-state index is 0.798. The molecule has 0 bridgehead atoms. The Balaban J connectivity index is 2.07. The third kappa shape index (κ3) is 2.92. The fourth-order valence-electron chi connectivity index (χ4n) is 2.64. The number of aromatic nitrogens is 2. The van der Waals surface area contributed by atoms with E-state index in [0.29, 0.717) is 0 Å². The van der Waals surface area contributed by atoms with Gasteiger partial charge in [-0.05, 0) is 31.6 Å². The van der Waals surface area contributed by atoms with Crippen molar-refractivity contribution in [2.45, 2.75) is 33.6 Å². The van der Waals surface area contributed by atoms with E-state index in [1.807, 2.05) is 20.0 Å². The summed E-state index contributed by atoms with van der Waals surface area (Å²) in [6.45, 7) is 8.83. The van der Waals surface area contributed by atoms with E-state index in [-0.39, 0.29) is 0 Å². The summed E-state index contributed by atoms with van der Waals surface area (Å²) in [4.78, 5) is 11.3. The third-order valence-corrected chi connectivity index (χ3v) is 3.89. The molecular weight excluding hydrogens is 224 g/mol. The van der Waals surface area contributed by atoms with Crippen LogP contribution in [-0.4, -0.2) is 30.1 Å². The van der Waals surface area contributed by atoms with E-state index in [4.69, 9.17) is 0 Å². The molecule has 0 amide bonds. The average Bonchev–Trinajstić information content (AvgIpc) is 2.38. The smallest absolute Gasteiger partial charge is 0.134 e. The second-order valence-corrected chi connectivity index (χ2v) is 5.48. The highest BCUT2D eigenvalue weighted by Crippen LogP contribution is 2.27. The van der Waals surface area contributed by atoms with Gasteiger partial charge in [-0.25, -0.2) is 9.97 Å². The first-order valence-electron chi connectivity index (χ1n) is 6.88. The first-order valence-corrected chi connectivity index (χ1v) is 6.88. The topological polar surface area (TPSA) is 41.0 Å². The predicted molar refractivity (Wildman–Crippen MR) is 76.1 cm³/mol. The Morgan fingerprint density at radius 1 is 1.28 bits per heavy atom. The molecule has 1 saturated heterocycles. The quantitative estimate of drug-likeness (QED) is 0.893. The number of nitrogens with one attached hydrogen (secondary N) is 1. The van der Waals surface area contributed by atoms with Crippen LogP contribution < -0.4 is 10.2 Å². The summed E-state index contributed by atoms with van der Waals surface area (Å²) >= 11 is 0. The number of rotatable bonds is 3. The highest BCUT2D eigenvalue weighted by Gasteiger charge is 2.22. The maximum Gasteiger partial charge on any atom is 0.134 e. The molecule has 1 aliphatic heterocycles. The number of anilines is 2. The van der Waals surface area contributed by atoms with Gasteiger partial charge in [0.25, 0.3) is 0 Å². The number of hydrogen-bond donors (Lipinski definition) is 1. The van der Waals surface area contributed by atoms with E-state index in [2.05, 4.69) is 34.0 Å². The van der Waals surface area contributed by atoms with Crippen LogP contribution in [0, 0.1) is 18.8 Å². The van der Waals surface area contributed by atoms with Gasteiger partial charge in [-0.15, -0.1) is 0 Å². The summed E-state index contributed by atoms with van der Waals surface area (Å²) in [7, 11) is 1.90. The number of nitrogens with zero attached hydrogens (tertiary/aromatic N) is 3. The van der Waals surface area contributed by atoms with Crippen molar-refractivity contribution in [2.24, 2.45) is 11.8 Å². The molecule has 0 unspecified atom stereocenters. The van der Waals surface area contributed by atoms with E-state index in [9.17, 15) is 0 Å². The van der Waals surface area contributed by atoms with E-state index >= 15 is 0 Å². The molecule has 0 radical (unpaired) electrons. The molecule has 1 aromatic heterocycles.